The first-order valence-electron chi connectivity index (χ1n) is 6.49. The molecule has 2 aromatic carbocycles. The lowest BCUT2D eigenvalue weighted by molar-refractivity contribution is 0.405. The molecule has 2 aromatic rings. The van der Waals surface area contributed by atoms with Gasteiger partial charge in [0.1, 0.15) is 11.6 Å². The molecule has 0 aromatic heterocycles. The van der Waals surface area contributed by atoms with Crippen LogP contribution in [-0.4, -0.2) is 7.11 Å². The summed E-state index contributed by atoms with van der Waals surface area (Å²) in [7, 11) is 1.65. The molecule has 20 heavy (non-hydrogen) atoms. The molecule has 3 nitrogen and oxygen atoms in total. The Hall–Kier alpha value is -1.91. The van der Waals surface area contributed by atoms with Crippen molar-refractivity contribution in [3.8, 4) is 5.75 Å². The molecule has 4 heteroatoms. The van der Waals surface area contributed by atoms with Gasteiger partial charge in [-0.1, -0.05) is 29.8 Å². The van der Waals surface area contributed by atoms with Gasteiger partial charge in [-0.3, -0.25) is 11.3 Å². The van der Waals surface area contributed by atoms with Crippen molar-refractivity contribution in [1.82, 2.24) is 5.43 Å². The monoisotopic (exact) mass is 274 g/mol. The number of rotatable bonds is 5. The van der Waals surface area contributed by atoms with Crippen LogP contribution in [0.5, 0.6) is 5.75 Å². The number of ether oxygens (including phenoxy) is 1. The van der Waals surface area contributed by atoms with Crippen LogP contribution in [0.15, 0.2) is 42.5 Å². The number of aryl methyl sites for hydroxylation is 1. The Kier molecular flexibility index (Phi) is 4.71. The molecule has 0 spiro atoms. The van der Waals surface area contributed by atoms with Crippen LogP contribution in [0.3, 0.4) is 0 Å². The van der Waals surface area contributed by atoms with Gasteiger partial charge in [0.15, 0.2) is 0 Å². The number of halogens is 1. The third-order valence-corrected chi connectivity index (χ3v) is 3.33. The highest BCUT2D eigenvalue weighted by Crippen LogP contribution is 2.26. The standard InChI is InChI=1S/C16H19FN2O/c1-11-3-8-16(20-2)13(9-11)10-15(19-18)12-4-6-14(17)7-5-12/h3-9,15,19H,10,18H2,1-2H3. The van der Waals surface area contributed by atoms with Gasteiger partial charge in [0.2, 0.25) is 0 Å². The van der Waals surface area contributed by atoms with Gasteiger partial charge in [0, 0.05) is 0 Å². The van der Waals surface area contributed by atoms with Gasteiger partial charge < -0.3 is 4.74 Å². The van der Waals surface area contributed by atoms with Crippen LogP contribution in [0, 0.1) is 12.7 Å². The third kappa shape index (κ3) is 3.35. The second kappa shape index (κ2) is 6.50. The zero-order chi connectivity index (χ0) is 14.5. The summed E-state index contributed by atoms with van der Waals surface area (Å²) in [6, 6.07) is 12.3. The first-order chi connectivity index (χ1) is 9.63. The van der Waals surface area contributed by atoms with Crippen LogP contribution in [0.4, 0.5) is 4.39 Å². The first-order valence-corrected chi connectivity index (χ1v) is 6.49. The molecule has 0 aliphatic heterocycles. The highest BCUT2D eigenvalue weighted by molar-refractivity contribution is 5.38. The Morgan fingerprint density at radius 2 is 1.90 bits per heavy atom. The molecule has 0 aliphatic rings. The van der Waals surface area contributed by atoms with Gasteiger partial charge >= 0.3 is 0 Å². The Bertz CT molecular complexity index is 569. The molecule has 0 saturated heterocycles. The number of nitrogens with one attached hydrogen (secondary N) is 1. The molecule has 106 valence electrons. The van der Waals surface area contributed by atoms with Crippen molar-refractivity contribution in [2.24, 2.45) is 5.84 Å². The van der Waals surface area contributed by atoms with Crippen LogP contribution < -0.4 is 16.0 Å². The van der Waals surface area contributed by atoms with E-state index >= 15 is 0 Å². The summed E-state index contributed by atoms with van der Waals surface area (Å²) < 4.78 is 18.4. The van der Waals surface area contributed by atoms with Gasteiger partial charge in [0.05, 0.1) is 13.2 Å². The minimum absolute atomic E-state index is 0.0914. The predicted octanol–water partition coefficient (Wildman–Crippen LogP) is 2.89. The summed E-state index contributed by atoms with van der Waals surface area (Å²) in [6.45, 7) is 2.03. The van der Waals surface area contributed by atoms with E-state index in [1.807, 2.05) is 19.1 Å². The summed E-state index contributed by atoms with van der Waals surface area (Å²) in [5, 5.41) is 0. The molecule has 0 saturated carbocycles. The van der Waals surface area contributed by atoms with Gasteiger partial charge in [-0.2, -0.15) is 0 Å². The molecule has 1 unspecified atom stereocenters. The van der Waals surface area contributed by atoms with Gasteiger partial charge in [-0.25, -0.2) is 4.39 Å². The quantitative estimate of drug-likeness (QED) is 0.651. The average Bonchev–Trinajstić information content (AvgIpc) is 2.46. The fourth-order valence-electron chi connectivity index (χ4n) is 2.25. The molecule has 3 N–H and O–H groups in total. The van der Waals surface area contributed by atoms with E-state index in [0.717, 1.165) is 22.4 Å². The highest BCUT2D eigenvalue weighted by atomic mass is 19.1. The molecule has 1 atom stereocenters. The average molecular weight is 274 g/mol. The maximum atomic E-state index is 13.0. The number of benzene rings is 2. The lowest BCUT2D eigenvalue weighted by Crippen LogP contribution is -2.29. The topological polar surface area (TPSA) is 47.3 Å². The Balaban J connectivity index is 2.26. The Labute approximate surface area is 118 Å². The van der Waals surface area contributed by atoms with E-state index in [-0.39, 0.29) is 11.9 Å². The fourth-order valence-corrected chi connectivity index (χ4v) is 2.25. The number of hydrogen-bond donors (Lipinski definition) is 2. The zero-order valence-electron chi connectivity index (χ0n) is 11.7. The third-order valence-electron chi connectivity index (χ3n) is 3.33. The van der Waals surface area contributed by atoms with E-state index in [9.17, 15) is 4.39 Å². The molecular formula is C16H19FN2O. The Morgan fingerprint density at radius 1 is 1.20 bits per heavy atom. The second-order valence-electron chi connectivity index (χ2n) is 4.79. The smallest absolute Gasteiger partial charge is 0.123 e. The maximum Gasteiger partial charge on any atom is 0.123 e. The van der Waals surface area contributed by atoms with Crippen LogP contribution in [0.1, 0.15) is 22.7 Å². The summed E-state index contributed by atoms with van der Waals surface area (Å²) in [4.78, 5) is 0. The fraction of sp³-hybridized carbons (Fsp3) is 0.250. The first kappa shape index (κ1) is 14.5. The molecule has 0 amide bonds. The number of nitrogens with two attached hydrogens (primary N) is 1. The molecule has 0 radical (unpaired) electrons. The van der Waals surface area contributed by atoms with Gasteiger partial charge in [-0.15, -0.1) is 0 Å². The van der Waals surface area contributed by atoms with Crippen molar-refractivity contribution in [3.05, 3.63) is 65.0 Å². The summed E-state index contributed by atoms with van der Waals surface area (Å²) in [5.41, 5.74) is 5.95. The van der Waals surface area contributed by atoms with E-state index < -0.39 is 0 Å². The van der Waals surface area contributed by atoms with Gasteiger partial charge in [0.25, 0.3) is 0 Å². The van der Waals surface area contributed by atoms with Crippen molar-refractivity contribution in [1.29, 1.82) is 0 Å². The Morgan fingerprint density at radius 3 is 2.50 bits per heavy atom. The number of methoxy groups -OCH3 is 1. The predicted molar refractivity (Wildman–Crippen MR) is 77.9 cm³/mol. The largest absolute Gasteiger partial charge is 0.496 e. The van der Waals surface area contributed by atoms with Gasteiger partial charge in [-0.05, 0) is 42.7 Å². The molecule has 0 fully saturated rings. The second-order valence-corrected chi connectivity index (χ2v) is 4.79. The maximum absolute atomic E-state index is 13.0. The van der Waals surface area contributed by atoms with Crippen LogP contribution in [-0.2, 0) is 6.42 Å². The molecule has 0 bridgehead atoms. The van der Waals surface area contributed by atoms with Crippen molar-refractivity contribution in [2.45, 2.75) is 19.4 Å². The van der Waals surface area contributed by atoms with E-state index in [1.165, 1.54) is 12.1 Å². The zero-order valence-corrected chi connectivity index (χ0v) is 11.7. The molecular weight excluding hydrogens is 255 g/mol. The molecule has 0 heterocycles. The van der Waals surface area contributed by atoms with Crippen molar-refractivity contribution in [3.63, 3.8) is 0 Å². The minimum Gasteiger partial charge on any atom is -0.496 e. The van der Waals surface area contributed by atoms with Crippen LogP contribution >= 0.6 is 0 Å². The van der Waals surface area contributed by atoms with Crippen molar-refractivity contribution >= 4 is 0 Å². The lowest BCUT2D eigenvalue weighted by atomic mass is 9.97. The molecule has 0 aliphatic carbocycles. The normalized spacial score (nSPS) is 12.2. The minimum atomic E-state index is -0.252. The van der Waals surface area contributed by atoms with Crippen LogP contribution in [0.2, 0.25) is 0 Å². The van der Waals surface area contributed by atoms with Crippen LogP contribution in [0.25, 0.3) is 0 Å². The summed E-state index contributed by atoms with van der Waals surface area (Å²) in [6.07, 6.45) is 0.674. The SMILES string of the molecule is COc1ccc(C)cc1CC(NN)c1ccc(F)cc1. The number of hydrogen-bond acceptors (Lipinski definition) is 3. The summed E-state index contributed by atoms with van der Waals surface area (Å²) >= 11 is 0. The summed E-state index contributed by atoms with van der Waals surface area (Å²) in [5.74, 6) is 6.21. The van der Waals surface area contributed by atoms with E-state index in [4.69, 9.17) is 10.6 Å². The highest BCUT2D eigenvalue weighted by Gasteiger charge is 2.13. The molecule has 2 rings (SSSR count). The van der Waals surface area contributed by atoms with E-state index in [1.54, 1.807) is 19.2 Å². The van der Waals surface area contributed by atoms with Crippen molar-refractivity contribution in [2.75, 3.05) is 7.11 Å². The van der Waals surface area contributed by atoms with E-state index in [0.29, 0.717) is 6.42 Å². The number of hydrazine groups is 1. The lowest BCUT2D eigenvalue weighted by Gasteiger charge is -2.18. The van der Waals surface area contributed by atoms with Crippen molar-refractivity contribution < 1.29 is 9.13 Å². The van der Waals surface area contributed by atoms with E-state index in [2.05, 4.69) is 11.5 Å².